The van der Waals surface area contributed by atoms with E-state index in [1.54, 1.807) is 31.2 Å². The number of nitrogens with zero attached hydrogens (tertiary/aromatic N) is 1. The van der Waals surface area contributed by atoms with Crippen molar-refractivity contribution in [2.45, 2.75) is 6.92 Å². The van der Waals surface area contributed by atoms with Crippen molar-refractivity contribution < 1.29 is 14.6 Å². The van der Waals surface area contributed by atoms with E-state index in [1.807, 2.05) is 54.6 Å². The van der Waals surface area contributed by atoms with Crippen LogP contribution in [0.3, 0.4) is 0 Å². The molecule has 27 heavy (non-hydrogen) atoms. The standard InChI is InChI=1S/C22H20N2O3/c1-16(20-9-5-6-10-21(20)25)23-24-22(26)15-27-19-13-11-18(12-14-19)17-7-3-2-4-8-17/h2-14,25H,15H2,1H3,(H,24,26). The Labute approximate surface area is 157 Å². The highest BCUT2D eigenvalue weighted by atomic mass is 16.5. The number of hydrogen-bond acceptors (Lipinski definition) is 4. The molecule has 0 spiro atoms. The Morgan fingerprint density at radius 3 is 2.26 bits per heavy atom. The van der Waals surface area contributed by atoms with Crippen LogP contribution in [-0.2, 0) is 4.79 Å². The van der Waals surface area contributed by atoms with Gasteiger partial charge in [-0.3, -0.25) is 4.79 Å². The lowest BCUT2D eigenvalue weighted by atomic mass is 10.1. The van der Waals surface area contributed by atoms with E-state index in [9.17, 15) is 9.90 Å². The van der Waals surface area contributed by atoms with Crippen LogP contribution in [-0.4, -0.2) is 23.3 Å². The van der Waals surface area contributed by atoms with Crippen LogP contribution in [0.5, 0.6) is 11.5 Å². The number of hydrogen-bond donors (Lipinski definition) is 2. The van der Waals surface area contributed by atoms with Crippen LogP contribution in [0, 0.1) is 0 Å². The third kappa shape index (κ3) is 4.95. The van der Waals surface area contributed by atoms with Crippen LogP contribution < -0.4 is 10.2 Å². The maximum atomic E-state index is 11.9. The van der Waals surface area contributed by atoms with Crippen LogP contribution >= 0.6 is 0 Å². The van der Waals surface area contributed by atoms with Gasteiger partial charge >= 0.3 is 0 Å². The zero-order chi connectivity index (χ0) is 19.1. The molecule has 0 fully saturated rings. The highest BCUT2D eigenvalue weighted by Crippen LogP contribution is 2.22. The molecule has 1 amide bonds. The number of hydrazone groups is 1. The molecular weight excluding hydrogens is 340 g/mol. The summed E-state index contributed by atoms with van der Waals surface area (Å²) >= 11 is 0. The Morgan fingerprint density at radius 1 is 0.926 bits per heavy atom. The minimum atomic E-state index is -0.378. The van der Waals surface area contributed by atoms with Crippen molar-refractivity contribution >= 4 is 11.6 Å². The summed E-state index contributed by atoms with van der Waals surface area (Å²) in [5, 5.41) is 13.8. The summed E-state index contributed by atoms with van der Waals surface area (Å²) < 4.78 is 5.49. The van der Waals surface area contributed by atoms with E-state index >= 15 is 0 Å². The number of rotatable bonds is 6. The Kier molecular flexibility index (Phi) is 5.84. The van der Waals surface area contributed by atoms with Crippen LogP contribution in [0.2, 0.25) is 0 Å². The van der Waals surface area contributed by atoms with Crippen LogP contribution in [0.4, 0.5) is 0 Å². The number of para-hydroxylation sites is 1. The fraction of sp³-hybridized carbons (Fsp3) is 0.0909. The zero-order valence-corrected chi connectivity index (χ0v) is 14.9. The number of aromatic hydroxyl groups is 1. The second-order valence-electron chi connectivity index (χ2n) is 5.93. The first kappa shape index (κ1) is 18.2. The van der Waals surface area contributed by atoms with Crippen molar-refractivity contribution in [1.82, 2.24) is 5.43 Å². The summed E-state index contributed by atoms with van der Waals surface area (Å²) in [6.07, 6.45) is 0. The predicted octanol–water partition coefficient (Wildman–Crippen LogP) is 3.98. The van der Waals surface area contributed by atoms with Gasteiger partial charge in [0, 0.05) is 5.56 Å². The van der Waals surface area contributed by atoms with Crippen molar-refractivity contribution in [3.63, 3.8) is 0 Å². The smallest absolute Gasteiger partial charge is 0.277 e. The summed E-state index contributed by atoms with van der Waals surface area (Å²) in [6.45, 7) is 1.56. The second kappa shape index (κ2) is 8.67. The zero-order valence-electron chi connectivity index (χ0n) is 14.9. The Bertz CT molecular complexity index is 935. The maximum Gasteiger partial charge on any atom is 0.277 e. The SMILES string of the molecule is CC(=NNC(=O)COc1ccc(-c2ccccc2)cc1)c1ccccc1O. The minimum Gasteiger partial charge on any atom is -0.507 e. The van der Waals surface area contributed by atoms with E-state index < -0.39 is 0 Å². The van der Waals surface area contributed by atoms with Gasteiger partial charge in [-0.05, 0) is 42.3 Å². The molecule has 0 heterocycles. The normalized spacial score (nSPS) is 11.1. The number of carbonyl (C=O) groups is 1. The molecule has 0 bridgehead atoms. The number of ether oxygens (including phenoxy) is 1. The van der Waals surface area contributed by atoms with Crippen molar-refractivity contribution in [3.8, 4) is 22.6 Å². The highest BCUT2D eigenvalue weighted by molar-refractivity contribution is 6.01. The monoisotopic (exact) mass is 360 g/mol. The number of phenolic OH excluding ortho intramolecular Hbond substituents is 1. The lowest BCUT2D eigenvalue weighted by Gasteiger charge is -2.07. The van der Waals surface area contributed by atoms with Gasteiger partial charge in [-0.15, -0.1) is 0 Å². The molecule has 0 saturated carbocycles. The van der Waals surface area contributed by atoms with Gasteiger partial charge in [0.05, 0.1) is 5.71 Å². The van der Waals surface area contributed by atoms with E-state index in [0.29, 0.717) is 17.0 Å². The first-order valence-electron chi connectivity index (χ1n) is 8.53. The van der Waals surface area contributed by atoms with Gasteiger partial charge in [0.1, 0.15) is 11.5 Å². The van der Waals surface area contributed by atoms with Gasteiger partial charge < -0.3 is 9.84 Å². The lowest BCUT2D eigenvalue weighted by Crippen LogP contribution is -2.25. The van der Waals surface area contributed by atoms with E-state index in [4.69, 9.17) is 4.74 Å². The highest BCUT2D eigenvalue weighted by Gasteiger charge is 2.06. The Hall–Kier alpha value is -3.60. The number of nitrogens with one attached hydrogen (secondary N) is 1. The summed E-state index contributed by atoms with van der Waals surface area (Å²) in [6, 6.07) is 24.4. The van der Waals surface area contributed by atoms with Gasteiger partial charge in [0.25, 0.3) is 5.91 Å². The van der Waals surface area contributed by atoms with Crippen LogP contribution in [0.1, 0.15) is 12.5 Å². The number of phenols is 1. The fourth-order valence-electron chi connectivity index (χ4n) is 2.54. The largest absolute Gasteiger partial charge is 0.507 e. The molecule has 0 aliphatic carbocycles. The van der Waals surface area contributed by atoms with E-state index in [0.717, 1.165) is 11.1 Å². The van der Waals surface area contributed by atoms with Crippen LogP contribution in [0.25, 0.3) is 11.1 Å². The molecule has 3 aromatic rings. The molecule has 0 radical (unpaired) electrons. The molecule has 0 aromatic heterocycles. The average molecular weight is 360 g/mol. The number of carbonyl (C=O) groups excluding carboxylic acids is 1. The van der Waals surface area contributed by atoms with Gasteiger partial charge in [-0.2, -0.15) is 5.10 Å². The summed E-state index contributed by atoms with van der Waals surface area (Å²) in [5.74, 6) is 0.339. The third-order valence-corrected chi connectivity index (χ3v) is 3.97. The fourth-order valence-corrected chi connectivity index (χ4v) is 2.54. The van der Waals surface area contributed by atoms with Gasteiger partial charge in [0.2, 0.25) is 0 Å². The second-order valence-corrected chi connectivity index (χ2v) is 5.93. The molecule has 3 aromatic carbocycles. The Morgan fingerprint density at radius 2 is 1.56 bits per heavy atom. The molecule has 136 valence electrons. The molecule has 0 aliphatic heterocycles. The van der Waals surface area contributed by atoms with Crippen molar-refractivity contribution in [2.24, 2.45) is 5.10 Å². The average Bonchev–Trinajstić information content (AvgIpc) is 2.72. The Balaban J connectivity index is 1.53. The number of amides is 1. The quantitative estimate of drug-likeness (QED) is 0.516. The molecule has 0 aliphatic rings. The molecule has 3 rings (SSSR count). The van der Waals surface area contributed by atoms with E-state index in [2.05, 4.69) is 10.5 Å². The van der Waals surface area contributed by atoms with Crippen LogP contribution in [0.15, 0.2) is 84.0 Å². The first-order chi connectivity index (χ1) is 13.1. The predicted molar refractivity (Wildman–Crippen MR) is 106 cm³/mol. The molecule has 0 saturated heterocycles. The molecule has 0 atom stereocenters. The van der Waals surface area contributed by atoms with Gasteiger partial charge in [-0.25, -0.2) is 5.43 Å². The summed E-state index contributed by atoms with van der Waals surface area (Å²) in [5.41, 5.74) is 5.70. The van der Waals surface area contributed by atoms with Gasteiger partial charge in [0.15, 0.2) is 6.61 Å². The topological polar surface area (TPSA) is 70.9 Å². The molecule has 2 N–H and O–H groups in total. The van der Waals surface area contributed by atoms with Crippen molar-refractivity contribution in [2.75, 3.05) is 6.61 Å². The first-order valence-corrected chi connectivity index (χ1v) is 8.53. The molecule has 5 heteroatoms. The lowest BCUT2D eigenvalue weighted by molar-refractivity contribution is -0.123. The minimum absolute atomic E-state index is 0.114. The number of benzene rings is 3. The van der Waals surface area contributed by atoms with E-state index in [-0.39, 0.29) is 18.3 Å². The molecule has 5 nitrogen and oxygen atoms in total. The third-order valence-electron chi connectivity index (χ3n) is 3.97. The maximum absolute atomic E-state index is 11.9. The summed E-state index contributed by atoms with van der Waals surface area (Å²) in [4.78, 5) is 11.9. The van der Waals surface area contributed by atoms with E-state index in [1.165, 1.54) is 0 Å². The summed E-state index contributed by atoms with van der Waals surface area (Å²) in [7, 11) is 0. The van der Waals surface area contributed by atoms with Crippen molar-refractivity contribution in [1.29, 1.82) is 0 Å². The van der Waals surface area contributed by atoms with Gasteiger partial charge in [-0.1, -0.05) is 54.6 Å². The molecule has 0 unspecified atom stereocenters. The molecular formula is C22H20N2O3. The van der Waals surface area contributed by atoms with Crippen molar-refractivity contribution in [3.05, 3.63) is 84.4 Å².